The van der Waals surface area contributed by atoms with Gasteiger partial charge in [-0.2, -0.15) is 0 Å². The van der Waals surface area contributed by atoms with Crippen molar-refractivity contribution >= 4 is 17.6 Å². The number of nitrogens with two attached hydrogens (primary N) is 1. The molecule has 1 unspecified atom stereocenters. The third kappa shape index (κ3) is 2.87. The highest BCUT2D eigenvalue weighted by Crippen LogP contribution is 2.25. The Morgan fingerprint density at radius 3 is 2.67 bits per heavy atom. The van der Waals surface area contributed by atoms with E-state index >= 15 is 0 Å². The zero-order chi connectivity index (χ0) is 11.6. The topological polar surface area (TPSA) is 63.3 Å². The Kier molecular flexibility index (Phi) is 3.60. The van der Waals surface area contributed by atoms with E-state index in [1.165, 1.54) is 0 Å². The maximum atomic E-state index is 13.3. The van der Waals surface area contributed by atoms with Crippen molar-refractivity contribution in [3.63, 3.8) is 0 Å². The van der Waals surface area contributed by atoms with Crippen LogP contribution in [0.2, 0.25) is 5.02 Å². The third-order valence-corrected chi connectivity index (χ3v) is 2.09. The minimum absolute atomic E-state index is 0.234. The van der Waals surface area contributed by atoms with E-state index in [9.17, 15) is 13.6 Å². The number of aliphatic carboxylic acids is 1. The summed E-state index contributed by atoms with van der Waals surface area (Å²) in [5, 5.41) is 8.03. The first-order valence-electron chi connectivity index (χ1n) is 4.03. The standard InChI is InChI=1S/C9H8ClF2NO2/c10-6-2-4(11)1-5(9(6)12)7(13)3-8(14)15/h1-2,7H,3,13H2,(H,14,15). The molecular weight excluding hydrogens is 228 g/mol. The van der Waals surface area contributed by atoms with E-state index in [1.807, 2.05) is 0 Å². The maximum absolute atomic E-state index is 13.3. The molecule has 0 fully saturated rings. The number of carboxylic acids is 1. The van der Waals surface area contributed by atoms with Crippen LogP contribution in [0.1, 0.15) is 18.0 Å². The molecule has 3 nitrogen and oxygen atoms in total. The van der Waals surface area contributed by atoms with Crippen molar-refractivity contribution in [1.82, 2.24) is 0 Å². The van der Waals surface area contributed by atoms with Gasteiger partial charge in [0, 0.05) is 11.6 Å². The lowest BCUT2D eigenvalue weighted by atomic mass is 10.0. The van der Waals surface area contributed by atoms with Crippen LogP contribution in [0, 0.1) is 11.6 Å². The minimum atomic E-state index is -1.19. The average Bonchev–Trinajstić information content (AvgIpc) is 2.09. The van der Waals surface area contributed by atoms with Gasteiger partial charge in [-0.15, -0.1) is 0 Å². The van der Waals surface area contributed by atoms with Crippen molar-refractivity contribution in [3.05, 3.63) is 34.4 Å². The second-order valence-corrected chi connectivity index (χ2v) is 3.40. The summed E-state index contributed by atoms with van der Waals surface area (Å²) in [5.41, 5.74) is 5.15. The Morgan fingerprint density at radius 1 is 1.53 bits per heavy atom. The predicted octanol–water partition coefficient (Wildman–Crippen LogP) is 2.09. The highest BCUT2D eigenvalue weighted by Gasteiger charge is 2.18. The highest BCUT2D eigenvalue weighted by molar-refractivity contribution is 6.30. The van der Waals surface area contributed by atoms with Gasteiger partial charge in [0.1, 0.15) is 11.6 Å². The van der Waals surface area contributed by atoms with E-state index < -0.39 is 35.1 Å². The molecule has 0 bridgehead atoms. The van der Waals surface area contributed by atoms with E-state index in [-0.39, 0.29) is 5.56 Å². The Labute approximate surface area is 89.5 Å². The van der Waals surface area contributed by atoms with Gasteiger partial charge in [-0.25, -0.2) is 8.78 Å². The second-order valence-electron chi connectivity index (χ2n) is 3.00. The summed E-state index contributed by atoms with van der Waals surface area (Å²) in [6.07, 6.45) is -0.489. The number of hydrogen-bond donors (Lipinski definition) is 2. The van der Waals surface area contributed by atoms with Crippen molar-refractivity contribution in [2.45, 2.75) is 12.5 Å². The largest absolute Gasteiger partial charge is 0.481 e. The molecule has 6 heteroatoms. The molecule has 0 spiro atoms. The van der Waals surface area contributed by atoms with Crippen molar-refractivity contribution in [1.29, 1.82) is 0 Å². The number of carboxylic acid groups (broad SMARTS) is 1. The molecule has 0 saturated heterocycles. The lowest BCUT2D eigenvalue weighted by Gasteiger charge is -2.11. The molecule has 0 radical (unpaired) electrons. The minimum Gasteiger partial charge on any atom is -0.481 e. The molecule has 1 aromatic rings. The number of carbonyl (C=O) groups is 1. The summed E-state index contributed by atoms with van der Waals surface area (Å²) < 4.78 is 26.2. The first kappa shape index (κ1) is 11.9. The number of halogens is 3. The molecule has 0 aliphatic rings. The summed E-state index contributed by atoms with van der Waals surface area (Å²) in [6.45, 7) is 0. The molecule has 3 N–H and O–H groups in total. The van der Waals surface area contributed by atoms with E-state index in [0.29, 0.717) is 0 Å². The normalized spacial score (nSPS) is 12.5. The van der Waals surface area contributed by atoms with Crippen molar-refractivity contribution in [2.75, 3.05) is 0 Å². The van der Waals surface area contributed by atoms with Gasteiger partial charge in [0.05, 0.1) is 11.4 Å². The van der Waals surface area contributed by atoms with Crippen LogP contribution in [0.3, 0.4) is 0 Å². The van der Waals surface area contributed by atoms with Crippen LogP contribution in [-0.4, -0.2) is 11.1 Å². The van der Waals surface area contributed by atoms with Crippen LogP contribution in [-0.2, 0) is 4.79 Å². The van der Waals surface area contributed by atoms with Gasteiger partial charge >= 0.3 is 5.97 Å². The van der Waals surface area contributed by atoms with E-state index in [2.05, 4.69) is 0 Å². The molecular formula is C9H8ClF2NO2. The van der Waals surface area contributed by atoms with Gasteiger partial charge in [0.15, 0.2) is 0 Å². The molecule has 0 heterocycles. The van der Waals surface area contributed by atoms with Gasteiger partial charge < -0.3 is 10.8 Å². The molecule has 0 aliphatic carbocycles. The monoisotopic (exact) mass is 235 g/mol. The van der Waals surface area contributed by atoms with Crippen LogP contribution in [0.4, 0.5) is 8.78 Å². The summed E-state index contributed by atoms with van der Waals surface area (Å²) in [4.78, 5) is 10.3. The first-order chi connectivity index (χ1) is 6.91. The quantitative estimate of drug-likeness (QED) is 0.789. The first-order valence-corrected chi connectivity index (χ1v) is 4.41. The van der Waals surface area contributed by atoms with Crippen LogP contribution in [0.5, 0.6) is 0 Å². The van der Waals surface area contributed by atoms with Crippen LogP contribution in [0.15, 0.2) is 12.1 Å². The Hall–Kier alpha value is -1.20. The van der Waals surface area contributed by atoms with Crippen molar-refractivity contribution in [3.8, 4) is 0 Å². The van der Waals surface area contributed by atoms with E-state index in [4.69, 9.17) is 22.4 Å². The van der Waals surface area contributed by atoms with Crippen LogP contribution >= 0.6 is 11.6 Å². The molecule has 0 amide bonds. The van der Waals surface area contributed by atoms with E-state index in [0.717, 1.165) is 12.1 Å². The number of hydrogen-bond acceptors (Lipinski definition) is 2. The molecule has 1 atom stereocenters. The van der Waals surface area contributed by atoms with E-state index in [1.54, 1.807) is 0 Å². The Balaban J connectivity index is 3.07. The lowest BCUT2D eigenvalue weighted by Crippen LogP contribution is -2.16. The SMILES string of the molecule is NC(CC(=O)O)c1cc(F)cc(Cl)c1F. The van der Waals surface area contributed by atoms with Gasteiger partial charge in [-0.3, -0.25) is 4.79 Å². The number of rotatable bonds is 3. The van der Waals surface area contributed by atoms with Gasteiger partial charge in [-0.1, -0.05) is 11.6 Å². The Morgan fingerprint density at radius 2 is 2.13 bits per heavy atom. The van der Waals surface area contributed by atoms with Crippen molar-refractivity contribution in [2.24, 2.45) is 5.73 Å². The fourth-order valence-electron chi connectivity index (χ4n) is 1.14. The third-order valence-electron chi connectivity index (χ3n) is 1.82. The zero-order valence-corrected chi connectivity index (χ0v) is 8.26. The molecule has 0 aliphatic heterocycles. The maximum Gasteiger partial charge on any atom is 0.305 e. The smallest absolute Gasteiger partial charge is 0.305 e. The van der Waals surface area contributed by atoms with Gasteiger partial charge in [-0.05, 0) is 12.1 Å². The van der Waals surface area contributed by atoms with Gasteiger partial charge in [0.2, 0.25) is 0 Å². The average molecular weight is 236 g/mol. The predicted molar refractivity (Wildman–Crippen MR) is 50.5 cm³/mol. The molecule has 82 valence electrons. The summed E-state index contributed by atoms with van der Waals surface area (Å²) >= 11 is 5.38. The molecule has 1 rings (SSSR count). The van der Waals surface area contributed by atoms with Crippen molar-refractivity contribution < 1.29 is 18.7 Å². The zero-order valence-electron chi connectivity index (χ0n) is 7.51. The van der Waals surface area contributed by atoms with Gasteiger partial charge in [0.25, 0.3) is 0 Å². The summed E-state index contributed by atoms with van der Waals surface area (Å²) in [5.74, 6) is -2.83. The summed E-state index contributed by atoms with van der Waals surface area (Å²) in [6, 6.07) is 0.526. The Bertz CT molecular complexity index is 398. The second kappa shape index (κ2) is 4.55. The van der Waals surface area contributed by atoms with Crippen LogP contribution in [0.25, 0.3) is 0 Å². The highest BCUT2D eigenvalue weighted by atomic mass is 35.5. The number of benzene rings is 1. The summed E-state index contributed by atoms with van der Waals surface area (Å²) in [7, 11) is 0. The fourth-order valence-corrected chi connectivity index (χ4v) is 1.36. The molecule has 0 aromatic heterocycles. The lowest BCUT2D eigenvalue weighted by molar-refractivity contribution is -0.137. The van der Waals surface area contributed by atoms with Crippen LogP contribution < -0.4 is 5.73 Å². The fraction of sp³-hybridized carbons (Fsp3) is 0.222. The molecule has 15 heavy (non-hydrogen) atoms. The molecule has 0 saturated carbocycles. The molecule has 1 aromatic carbocycles.